The smallest absolute Gasteiger partial charge is 0.412 e. The van der Waals surface area contributed by atoms with Crippen molar-refractivity contribution in [3.63, 3.8) is 0 Å². The first kappa shape index (κ1) is 11.7. The summed E-state index contributed by atoms with van der Waals surface area (Å²) in [5, 5.41) is 2.51. The summed E-state index contributed by atoms with van der Waals surface area (Å²) in [6.45, 7) is 3.21. The van der Waals surface area contributed by atoms with E-state index in [1.165, 1.54) is 7.11 Å². The molecule has 17 heavy (non-hydrogen) atoms. The third-order valence-corrected chi connectivity index (χ3v) is 2.54. The van der Waals surface area contributed by atoms with E-state index in [0.717, 1.165) is 32.0 Å². The first-order valence-corrected chi connectivity index (χ1v) is 5.43. The molecule has 0 saturated carbocycles. The van der Waals surface area contributed by atoms with Crippen LogP contribution in [-0.2, 0) is 9.47 Å². The maximum atomic E-state index is 11.0. The van der Waals surface area contributed by atoms with Crippen molar-refractivity contribution in [3.8, 4) is 0 Å². The maximum absolute atomic E-state index is 11.0. The van der Waals surface area contributed by atoms with Gasteiger partial charge >= 0.3 is 6.09 Å². The Morgan fingerprint density at radius 3 is 2.82 bits per heavy atom. The summed E-state index contributed by atoms with van der Waals surface area (Å²) in [6, 6.07) is 3.67. The predicted molar refractivity (Wildman–Crippen MR) is 63.3 cm³/mol. The fourth-order valence-electron chi connectivity index (χ4n) is 1.62. The first-order chi connectivity index (χ1) is 8.29. The molecule has 2 heterocycles. The van der Waals surface area contributed by atoms with Gasteiger partial charge < -0.3 is 14.4 Å². The molecule has 6 nitrogen and oxygen atoms in total. The van der Waals surface area contributed by atoms with Gasteiger partial charge in [0, 0.05) is 13.1 Å². The Bertz CT molecular complexity index is 374. The van der Waals surface area contributed by atoms with Gasteiger partial charge in [0.05, 0.1) is 32.2 Å². The maximum Gasteiger partial charge on any atom is 0.412 e. The number of morpholine rings is 1. The van der Waals surface area contributed by atoms with Crippen LogP contribution in [-0.4, -0.2) is 44.5 Å². The molecule has 1 aromatic rings. The van der Waals surface area contributed by atoms with E-state index in [9.17, 15) is 4.79 Å². The van der Waals surface area contributed by atoms with Crippen LogP contribution < -0.4 is 10.2 Å². The number of hydrogen-bond acceptors (Lipinski definition) is 5. The normalized spacial score (nSPS) is 15.5. The van der Waals surface area contributed by atoms with Gasteiger partial charge in [0.15, 0.2) is 0 Å². The van der Waals surface area contributed by atoms with Crippen molar-refractivity contribution in [2.45, 2.75) is 0 Å². The largest absolute Gasteiger partial charge is 0.453 e. The quantitative estimate of drug-likeness (QED) is 0.834. The monoisotopic (exact) mass is 237 g/mol. The summed E-state index contributed by atoms with van der Waals surface area (Å²) < 4.78 is 9.76. The van der Waals surface area contributed by atoms with E-state index in [0.29, 0.717) is 5.82 Å². The molecule has 1 aromatic heterocycles. The molecule has 0 radical (unpaired) electrons. The van der Waals surface area contributed by atoms with Crippen LogP contribution in [0.15, 0.2) is 18.3 Å². The fourth-order valence-corrected chi connectivity index (χ4v) is 1.62. The first-order valence-electron chi connectivity index (χ1n) is 5.43. The fraction of sp³-hybridized carbons (Fsp3) is 0.455. The zero-order chi connectivity index (χ0) is 12.1. The Morgan fingerprint density at radius 1 is 1.47 bits per heavy atom. The van der Waals surface area contributed by atoms with Crippen LogP contribution in [0.25, 0.3) is 0 Å². The molecule has 1 aliphatic rings. The lowest BCUT2D eigenvalue weighted by Crippen LogP contribution is -2.36. The number of pyridine rings is 1. The number of rotatable bonds is 2. The molecular weight excluding hydrogens is 222 g/mol. The predicted octanol–water partition coefficient (Wildman–Crippen LogP) is 1.10. The number of methoxy groups -OCH3 is 1. The number of aromatic nitrogens is 1. The number of nitrogens with zero attached hydrogens (tertiary/aromatic N) is 2. The number of carbonyl (C=O) groups is 1. The molecule has 0 aromatic carbocycles. The van der Waals surface area contributed by atoms with Gasteiger partial charge in [0.2, 0.25) is 0 Å². The molecule has 0 spiro atoms. The summed E-state index contributed by atoms with van der Waals surface area (Å²) in [5.74, 6) is 0.480. The van der Waals surface area contributed by atoms with E-state index in [4.69, 9.17) is 4.74 Å². The Kier molecular flexibility index (Phi) is 3.77. The van der Waals surface area contributed by atoms with E-state index in [-0.39, 0.29) is 0 Å². The van der Waals surface area contributed by atoms with Crippen LogP contribution in [0.4, 0.5) is 16.3 Å². The van der Waals surface area contributed by atoms with Crippen molar-refractivity contribution >= 4 is 17.6 Å². The van der Waals surface area contributed by atoms with Crippen LogP contribution >= 0.6 is 0 Å². The molecule has 0 unspecified atom stereocenters. The average molecular weight is 237 g/mol. The molecule has 92 valence electrons. The number of hydrogen-bond donors (Lipinski definition) is 1. The molecular formula is C11H15N3O3. The van der Waals surface area contributed by atoms with Gasteiger partial charge in [0.1, 0.15) is 5.82 Å². The minimum Gasteiger partial charge on any atom is -0.453 e. The SMILES string of the molecule is COC(=O)Nc1ccc(N2CCOCC2)cn1. The second-order valence-corrected chi connectivity index (χ2v) is 3.62. The number of nitrogens with one attached hydrogen (secondary N) is 1. The second kappa shape index (κ2) is 5.49. The minimum atomic E-state index is -0.517. The van der Waals surface area contributed by atoms with Gasteiger partial charge in [-0.1, -0.05) is 0 Å². The van der Waals surface area contributed by atoms with Crippen LogP contribution in [0, 0.1) is 0 Å². The standard InChI is InChI=1S/C11H15N3O3/c1-16-11(15)13-10-3-2-9(8-12-10)14-4-6-17-7-5-14/h2-3,8H,4-7H2,1H3,(H,12,13,15). The average Bonchev–Trinajstić information content (AvgIpc) is 2.40. The molecule has 2 rings (SSSR count). The summed E-state index contributed by atoms with van der Waals surface area (Å²) >= 11 is 0. The lowest BCUT2D eigenvalue weighted by molar-refractivity contribution is 0.122. The summed E-state index contributed by atoms with van der Waals surface area (Å²) in [7, 11) is 1.32. The second-order valence-electron chi connectivity index (χ2n) is 3.62. The van der Waals surface area contributed by atoms with E-state index in [1.807, 2.05) is 6.07 Å². The molecule has 1 N–H and O–H groups in total. The van der Waals surface area contributed by atoms with Crippen molar-refractivity contribution in [3.05, 3.63) is 18.3 Å². The zero-order valence-corrected chi connectivity index (χ0v) is 9.68. The van der Waals surface area contributed by atoms with Gasteiger partial charge in [-0.05, 0) is 12.1 Å². The molecule has 1 amide bonds. The third-order valence-electron chi connectivity index (χ3n) is 2.54. The van der Waals surface area contributed by atoms with Gasteiger partial charge in [-0.25, -0.2) is 9.78 Å². The molecule has 0 atom stereocenters. The van der Waals surface area contributed by atoms with E-state index < -0.39 is 6.09 Å². The molecule has 1 fully saturated rings. The van der Waals surface area contributed by atoms with E-state index in [2.05, 4.69) is 19.9 Å². The summed E-state index contributed by atoms with van der Waals surface area (Å²) in [6.07, 6.45) is 1.22. The molecule has 6 heteroatoms. The number of anilines is 2. The topological polar surface area (TPSA) is 63.7 Å². The van der Waals surface area contributed by atoms with Crippen LogP contribution in [0.1, 0.15) is 0 Å². The van der Waals surface area contributed by atoms with Crippen molar-refractivity contribution in [2.75, 3.05) is 43.6 Å². The van der Waals surface area contributed by atoms with Crippen LogP contribution in [0.3, 0.4) is 0 Å². The lowest BCUT2D eigenvalue weighted by Gasteiger charge is -2.28. The van der Waals surface area contributed by atoms with E-state index >= 15 is 0 Å². The zero-order valence-electron chi connectivity index (χ0n) is 9.68. The molecule has 0 aliphatic carbocycles. The van der Waals surface area contributed by atoms with Gasteiger partial charge in [-0.3, -0.25) is 5.32 Å². The number of ether oxygens (including phenoxy) is 2. The molecule has 1 saturated heterocycles. The van der Waals surface area contributed by atoms with E-state index in [1.54, 1.807) is 12.3 Å². The Labute approximate surface area is 99.5 Å². The molecule has 1 aliphatic heterocycles. The Morgan fingerprint density at radius 2 is 2.24 bits per heavy atom. The van der Waals surface area contributed by atoms with Gasteiger partial charge in [0.25, 0.3) is 0 Å². The number of carbonyl (C=O) groups excluding carboxylic acids is 1. The summed E-state index contributed by atoms with van der Waals surface area (Å²) in [5.41, 5.74) is 1.03. The Balaban J connectivity index is 1.99. The summed E-state index contributed by atoms with van der Waals surface area (Å²) in [4.78, 5) is 17.3. The van der Waals surface area contributed by atoms with Gasteiger partial charge in [-0.2, -0.15) is 0 Å². The highest BCUT2D eigenvalue weighted by molar-refractivity contribution is 5.83. The van der Waals surface area contributed by atoms with Crippen molar-refractivity contribution < 1.29 is 14.3 Å². The van der Waals surface area contributed by atoms with Crippen LogP contribution in [0.5, 0.6) is 0 Å². The highest BCUT2D eigenvalue weighted by atomic mass is 16.5. The van der Waals surface area contributed by atoms with Crippen molar-refractivity contribution in [1.82, 2.24) is 4.98 Å². The third kappa shape index (κ3) is 3.07. The minimum absolute atomic E-state index is 0.480. The van der Waals surface area contributed by atoms with Crippen molar-refractivity contribution in [2.24, 2.45) is 0 Å². The van der Waals surface area contributed by atoms with Crippen molar-refractivity contribution in [1.29, 1.82) is 0 Å². The lowest BCUT2D eigenvalue weighted by atomic mass is 10.3. The van der Waals surface area contributed by atoms with Crippen LogP contribution in [0.2, 0.25) is 0 Å². The Hall–Kier alpha value is -1.82. The number of amides is 1. The highest BCUT2D eigenvalue weighted by Gasteiger charge is 2.11. The molecule has 0 bridgehead atoms. The van der Waals surface area contributed by atoms with Gasteiger partial charge in [-0.15, -0.1) is 0 Å². The highest BCUT2D eigenvalue weighted by Crippen LogP contribution is 2.16.